The van der Waals surface area contributed by atoms with Crippen LogP contribution in [0, 0.1) is 34.5 Å². The van der Waals surface area contributed by atoms with Gasteiger partial charge in [0.2, 0.25) is 0 Å². The Labute approximate surface area is 202 Å². The summed E-state index contributed by atoms with van der Waals surface area (Å²) < 4.78 is 15.6. The van der Waals surface area contributed by atoms with Gasteiger partial charge in [0.1, 0.15) is 12.0 Å². The number of ketones is 2. The molecule has 2 saturated carbocycles. The summed E-state index contributed by atoms with van der Waals surface area (Å²) in [5.41, 5.74) is 4.27. The molecule has 0 saturated heterocycles. The summed E-state index contributed by atoms with van der Waals surface area (Å²) in [4.78, 5) is 25.4. The molecule has 0 heterocycles. The summed E-state index contributed by atoms with van der Waals surface area (Å²) in [6.45, 7) is 5.75. The SMILES string of the molecule is CC#C[C@]1(C(C)=O)CC[C@H]2[C@@H]3CC(F)C4=CC(=O)CCC4=C3[C@@H](c3ccc(NC)cc3)C[C@@]21C. The molecule has 3 nitrogen and oxygen atoms in total. The summed E-state index contributed by atoms with van der Waals surface area (Å²) in [6, 6.07) is 8.51. The molecule has 4 heteroatoms. The van der Waals surface area contributed by atoms with Gasteiger partial charge in [-0.05, 0) is 98.1 Å². The quantitative estimate of drug-likeness (QED) is 0.550. The minimum atomic E-state index is -1.12. The van der Waals surface area contributed by atoms with Crippen LogP contribution in [0.4, 0.5) is 10.1 Å². The highest BCUT2D eigenvalue weighted by molar-refractivity contribution is 5.93. The number of carbonyl (C=O) groups is 2. The molecule has 1 N–H and O–H groups in total. The Bertz CT molecular complexity index is 1170. The predicted octanol–water partition coefficient (Wildman–Crippen LogP) is 6.17. The average molecular weight is 460 g/mol. The van der Waals surface area contributed by atoms with Crippen molar-refractivity contribution in [1.82, 2.24) is 0 Å². The monoisotopic (exact) mass is 459 g/mol. The van der Waals surface area contributed by atoms with Gasteiger partial charge >= 0.3 is 0 Å². The van der Waals surface area contributed by atoms with E-state index in [0.717, 1.165) is 30.5 Å². The molecule has 0 bridgehead atoms. The van der Waals surface area contributed by atoms with Crippen molar-refractivity contribution in [3.05, 3.63) is 52.6 Å². The molecule has 0 radical (unpaired) electrons. The van der Waals surface area contributed by atoms with E-state index in [1.165, 1.54) is 11.1 Å². The van der Waals surface area contributed by atoms with E-state index < -0.39 is 11.6 Å². The highest BCUT2D eigenvalue weighted by Gasteiger charge is 2.65. The fraction of sp³-hybridized carbons (Fsp3) is 0.533. The Balaban J connectivity index is 1.73. The normalized spacial score (nSPS) is 36.5. The van der Waals surface area contributed by atoms with E-state index in [1.807, 2.05) is 14.0 Å². The standard InChI is InChI=1S/C30H34FNO2/c1-5-13-30(18(2)33)14-12-26-24-16-27(31)23-15-21(34)10-11-22(23)28(24)25(17-29(26,30)3)19-6-8-20(32-4)9-7-19/h6-9,15,24-27,32H,10-12,14,16-17H2,1-4H3/t24-,25+,26-,27?,29-,30+/m0/s1. The molecule has 1 aromatic rings. The third kappa shape index (κ3) is 3.16. The lowest BCUT2D eigenvalue weighted by Gasteiger charge is -2.55. The molecule has 178 valence electrons. The second-order valence-electron chi connectivity index (χ2n) is 10.8. The molecule has 0 amide bonds. The van der Waals surface area contributed by atoms with Gasteiger partial charge in [0, 0.05) is 25.1 Å². The number of halogens is 1. The number of Topliss-reactive ketones (excluding diaryl/α,β-unsaturated/α-hetero) is 1. The van der Waals surface area contributed by atoms with Crippen molar-refractivity contribution in [2.24, 2.45) is 22.7 Å². The van der Waals surface area contributed by atoms with Gasteiger partial charge in [-0.15, -0.1) is 5.92 Å². The number of anilines is 1. The fourth-order valence-electron chi connectivity index (χ4n) is 7.93. The molecule has 1 aromatic carbocycles. The predicted molar refractivity (Wildman–Crippen MR) is 133 cm³/mol. The molecule has 2 fully saturated rings. The number of alkyl halides is 1. The van der Waals surface area contributed by atoms with Crippen LogP contribution in [-0.2, 0) is 9.59 Å². The summed E-state index contributed by atoms with van der Waals surface area (Å²) in [7, 11) is 1.91. The zero-order valence-electron chi connectivity index (χ0n) is 20.6. The molecular weight excluding hydrogens is 425 g/mol. The zero-order valence-corrected chi connectivity index (χ0v) is 20.6. The van der Waals surface area contributed by atoms with E-state index in [4.69, 9.17) is 0 Å². The molecule has 1 unspecified atom stereocenters. The number of hydrogen-bond acceptors (Lipinski definition) is 3. The van der Waals surface area contributed by atoms with Crippen molar-refractivity contribution >= 4 is 17.3 Å². The number of allylic oxidation sites excluding steroid dienone is 4. The van der Waals surface area contributed by atoms with Crippen molar-refractivity contribution in [2.45, 2.75) is 71.4 Å². The zero-order chi connectivity index (χ0) is 24.3. The van der Waals surface area contributed by atoms with Crippen LogP contribution in [0.15, 0.2) is 47.1 Å². The van der Waals surface area contributed by atoms with Gasteiger partial charge in [0.15, 0.2) is 5.78 Å². The van der Waals surface area contributed by atoms with Crippen LogP contribution in [0.25, 0.3) is 0 Å². The number of benzene rings is 1. The summed E-state index contributed by atoms with van der Waals surface area (Å²) >= 11 is 0. The van der Waals surface area contributed by atoms with Crippen LogP contribution >= 0.6 is 0 Å². The van der Waals surface area contributed by atoms with Gasteiger partial charge in [0.05, 0.1) is 5.41 Å². The third-order valence-electron chi connectivity index (χ3n) is 9.49. The van der Waals surface area contributed by atoms with Crippen LogP contribution in [0.1, 0.15) is 70.8 Å². The minimum absolute atomic E-state index is 0.0331. The van der Waals surface area contributed by atoms with Crippen LogP contribution in [-0.4, -0.2) is 24.8 Å². The average Bonchev–Trinajstić information content (AvgIpc) is 3.12. The van der Waals surface area contributed by atoms with Gasteiger partial charge in [-0.25, -0.2) is 4.39 Å². The van der Waals surface area contributed by atoms with Gasteiger partial charge in [-0.3, -0.25) is 9.59 Å². The lowest BCUT2D eigenvalue weighted by molar-refractivity contribution is -0.130. The van der Waals surface area contributed by atoms with E-state index in [0.29, 0.717) is 24.8 Å². The van der Waals surface area contributed by atoms with Crippen molar-refractivity contribution in [1.29, 1.82) is 0 Å². The smallest absolute Gasteiger partial charge is 0.156 e. The number of nitrogens with one attached hydrogen (secondary N) is 1. The van der Waals surface area contributed by atoms with E-state index in [9.17, 15) is 9.59 Å². The first-order chi connectivity index (χ1) is 16.3. The molecule has 5 rings (SSSR count). The van der Waals surface area contributed by atoms with E-state index in [2.05, 4.69) is 48.3 Å². The van der Waals surface area contributed by atoms with Crippen molar-refractivity contribution in [3.8, 4) is 11.8 Å². The maximum atomic E-state index is 15.6. The minimum Gasteiger partial charge on any atom is -0.388 e. The molecule has 4 aliphatic rings. The van der Waals surface area contributed by atoms with Crippen molar-refractivity contribution in [2.75, 3.05) is 12.4 Å². The van der Waals surface area contributed by atoms with Crippen LogP contribution < -0.4 is 5.32 Å². The topological polar surface area (TPSA) is 46.2 Å². The van der Waals surface area contributed by atoms with Gasteiger partial charge in [-0.2, -0.15) is 0 Å². The Morgan fingerprint density at radius 2 is 1.94 bits per heavy atom. The third-order valence-corrected chi connectivity index (χ3v) is 9.49. The molecule has 4 aliphatic carbocycles. The lowest BCUT2D eigenvalue weighted by Crippen LogP contribution is -2.51. The molecule has 34 heavy (non-hydrogen) atoms. The Morgan fingerprint density at radius 3 is 2.59 bits per heavy atom. The highest BCUT2D eigenvalue weighted by Crippen LogP contribution is 2.69. The summed E-state index contributed by atoms with van der Waals surface area (Å²) in [5.74, 6) is 7.01. The fourth-order valence-corrected chi connectivity index (χ4v) is 7.93. The number of fused-ring (bicyclic) bond motifs is 4. The first kappa shape index (κ1) is 23.1. The van der Waals surface area contributed by atoms with Crippen LogP contribution in [0.5, 0.6) is 0 Å². The molecule has 6 atom stereocenters. The lowest BCUT2D eigenvalue weighted by atomic mass is 9.48. The van der Waals surface area contributed by atoms with Crippen LogP contribution in [0.2, 0.25) is 0 Å². The molecule has 0 aliphatic heterocycles. The number of carbonyl (C=O) groups excluding carboxylic acids is 2. The highest BCUT2D eigenvalue weighted by atomic mass is 19.1. The van der Waals surface area contributed by atoms with E-state index >= 15 is 4.39 Å². The van der Waals surface area contributed by atoms with Gasteiger partial charge < -0.3 is 5.32 Å². The maximum Gasteiger partial charge on any atom is 0.156 e. The first-order valence-corrected chi connectivity index (χ1v) is 12.6. The largest absolute Gasteiger partial charge is 0.388 e. The molecule has 0 aromatic heterocycles. The summed E-state index contributed by atoms with van der Waals surface area (Å²) in [6.07, 6.45) is 4.38. The molecular formula is C30H34FNO2. The van der Waals surface area contributed by atoms with Crippen molar-refractivity contribution < 1.29 is 14.0 Å². The first-order valence-electron chi connectivity index (χ1n) is 12.6. The Kier molecular flexibility index (Phi) is 5.58. The number of rotatable bonds is 3. The van der Waals surface area contributed by atoms with E-state index in [-0.39, 0.29) is 34.7 Å². The number of hydrogen-bond donors (Lipinski definition) is 1. The second-order valence-corrected chi connectivity index (χ2v) is 10.8. The van der Waals surface area contributed by atoms with Crippen molar-refractivity contribution in [3.63, 3.8) is 0 Å². The summed E-state index contributed by atoms with van der Waals surface area (Å²) in [5, 5.41) is 3.19. The molecule has 0 spiro atoms. The van der Waals surface area contributed by atoms with Gasteiger partial charge in [-0.1, -0.05) is 30.6 Å². The van der Waals surface area contributed by atoms with Gasteiger partial charge in [0.25, 0.3) is 0 Å². The maximum absolute atomic E-state index is 15.6. The van der Waals surface area contributed by atoms with Crippen LogP contribution in [0.3, 0.4) is 0 Å². The Morgan fingerprint density at radius 1 is 1.21 bits per heavy atom. The second kappa shape index (κ2) is 8.22. The van der Waals surface area contributed by atoms with E-state index in [1.54, 1.807) is 13.0 Å². The Hall–Kier alpha value is -2.67.